The zero-order valence-electron chi connectivity index (χ0n) is 41.7. The van der Waals surface area contributed by atoms with E-state index in [0.717, 1.165) is 0 Å². The van der Waals surface area contributed by atoms with Crippen molar-refractivity contribution in [1.29, 1.82) is 0 Å². The van der Waals surface area contributed by atoms with Crippen LogP contribution >= 0.6 is 0 Å². The average molecular weight is 857 g/mol. The molecule has 0 bridgehead atoms. The quantitative estimate of drug-likeness (QED) is 0.176. The van der Waals surface area contributed by atoms with Gasteiger partial charge in [-0.2, -0.15) is 0 Å². The molecule has 8 unspecified atom stereocenters. The van der Waals surface area contributed by atoms with Crippen LogP contribution in [0.3, 0.4) is 0 Å². The molecule has 12 atom stereocenters. The van der Waals surface area contributed by atoms with E-state index < -0.39 is 171 Å². The predicted molar refractivity (Wildman–Crippen MR) is 224 cm³/mol. The summed E-state index contributed by atoms with van der Waals surface area (Å²) in [5.74, 6) is -21.0. The van der Waals surface area contributed by atoms with Gasteiger partial charge in [-0.3, -0.25) is 58.0 Å². The van der Waals surface area contributed by atoms with E-state index in [1.165, 1.54) is 83.1 Å². The van der Waals surface area contributed by atoms with Crippen LogP contribution in [0.1, 0.15) is 142 Å². The van der Waals surface area contributed by atoms with Crippen LogP contribution in [0.2, 0.25) is 0 Å². The fraction of sp³-hybridized carbons (Fsp3) is 0.818. The molecule has 0 saturated carbocycles. The summed E-state index contributed by atoms with van der Waals surface area (Å²) in [6, 6.07) is -9.27. The third kappa shape index (κ3) is 11.4. The molecule has 0 radical (unpaired) electrons. The summed E-state index contributed by atoms with van der Waals surface area (Å²) < 4.78 is 34.8. The molecule has 1 fully saturated rings. The SMILES string of the molecule is [2H]CC(C(C)C)[C@H]1C(=O)N(C(=O)C(O)CC)[C@@H](C(C[2H])C(C)C)C(=O)N(C(=O)C(O)CC)[C@@H](C(C[2H])C(C)C)C(=O)N(C(=O)C(O)CC)[C@@H](C(C[2H])C(C)C)C(=O)N1C(=O)C(O)CC. The smallest absolute Gasteiger partial charge is 0.258 e. The molecule has 8 amide bonds. The van der Waals surface area contributed by atoms with Crippen LogP contribution < -0.4 is 0 Å². The molecule has 0 aromatic carbocycles. The molecule has 1 rings (SSSR count). The number of aliphatic hydroxyl groups excluding tert-OH is 4. The van der Waals surface area contributed by atoms with E-state index in [9.17, 15) is 39.6 Å². The van der Waals surface area contributed by atoms with Crippen molar-refractivity contribution in [3.05, 3.63) is 0 Å². The van der Waals surface area contributed by atoms with Crippen molar-refractivity contribution < 1.29 is 64.3 Å². The van der Waals surface area contributed by atoms with E-state index in [4.69, 9.17) is 5.48 Å². The van der Waals surface area contributed by atoms with E-state index in [0.29, 0.717) is 0 Å². The Morgan fingerprint density at radius 3 is 0.667 bits per heavy atom. The molecule has 16 heteroatoms. The normalized spacial score (nSPS) is 25.1. The highest BCUT2D eigenvalue weighted by Gasteiger charge is 2.57. The Hall–Kier alpha value is -3.60. The Balaban J connectivity index is 5.43. The Bertz CT molecular complexity index is 1400. The highest BCUT2D eigenvalue weighted by molar-refractivity contribution is 6.14. The van der Waals surface area contributed by atoms with Gasteiger partial charge in [-0.1, -0.05) is 111 Å². The molecular formula is C44H76N4O12. The summed E-state index contributed by atoms with van der Waals surface area (Å²) in [7, 11) is 0. The van der Waals surface area contributed by atoms with Crippen LogP contribution in [0.25, 0.3) is 0 Å². The van der Waals surface area contributed by atoms with Crippen molar-refractivity contribution in [2.24, 2.45) is 47.3 Å². The van der Waals surface area contributed by atoms with Gasteiger partial charge in [-0.25, -0.2) is 0 Å². The Morgan fingerprint density at radius 2 is 0.567 bits per heavy atom. The topological polar surface area (TPSA) is 230 Å². The van der Waals surface area contributed by atoms with Crippen LogP contribution in [0.5, 0.6) is 0 Å². The molecule has 0 aromatic heterocycles. The number of carbonyl (C=O) groups excluding carboxylic acids is 8. The fourth-order valence-electron chi connectivity index (χ4n) is 6.84. The number of hydrogen-bond acceptors (Lipinski definition) is 12. The summed E-state index contributed by atoms with van der Waals surface area (Å²) >= 11 is 0. The van der Waals surface area contributed by atoms with Crippen LogP contribution in [0.4, 0.5) is 0 Å². The molecule has 0 aromatic rings. The maximum absolute atomic E-state index is 15.9. The minimum Gasteiger partial charge on any atom is -0.383 e. The van der Waals surface area contributed by atoms with E-state index >= 15 is 19.2 Å². The number of rotatable bonds is 16. The second kappa shape index (κ2) is 23.0. The summed E-state index contributed by atoms with van der Waals surface area (Å²) in [5, 5.41) is 45.1. The molecule has 0 spiro atoms. The second-order valence-electron chi connectivity index (χ2n) is 17.3. The first kappa shape index (κ1) is 47.4. The van der Waals surface area contributed by atoms with Gasteiger partial charge in [-0.05, 0) is 73.0 Å². The van der Waals surface area contributed by atoms with Crippen molar-refractivity contribution >= 4 is 47.3 Å². The predicted octanol–water partition coefficient (Wildman–Crippen LogP) is 3.15. The number of nitrogens with zero attached hydrogens (tertiary/aromatic N) is 4. The second-order valence-corrected chi connectivity index (χ2v) is 17.3. The summed E-state index contributed by atoms with van der Waals surface area (Å²) in [6.07, 6.45) is -9.72. The van der Waals surface area contributed by atoms with Gasteiger partial charge in [0.1, 0.15) is 48.6 Å². The van der Waals surface area contributed by atoms with Gasteiger partial charge in [-0.15, -0.1) is 0 Å². The lowest BCUT2D eigenvalue weighted by molar-refractivity contribution is -0.181. The van der Waals surface area contributed by atoms with Crippen molar-refractivity contribution in [3.8, 4) is 0 Å². The molecule has 4 N–H and O–H groups in total. The lowest BCUT2D eigenvalue weighted by atomic mass is 9.81. The first-order chi connectivity index (χ1) is 29.8. The van der Waals surface area contributed by atoms with E-state index in [-0.39, 0.29) is 45.3 Å². The van der Waals surface area contributed by atoms with E-state index in [2.05, 4.69) is 0 Å². The highest BCUT2D eigenvalue weighted by Crippen LogP contribution is 2.35. The maximum Gasteiger partial charge on any atom is 0.258 e. The van der Waals surface area contributed by atoms with Gasteiger partial charge >= 0.3 is 0 Å². The highest BCUT2D eigenvalue weighted by atomic mass is 16.3. The molecule has 16 nitrogen and oxygen atoms in total. The summed E-state index contributed by atoms with van der Waals surface area (Å²) in [4.78, 5) is 124. The number of amides is 8. The van der Waals surface area contributed by atoms with Gasteiger partial charge in [0.25, 0.3) is 47.3 Å². The third-order valence-electron chi connectivity index (χ3n) is 11.8. The monoisotopic (exact) mass is 857 g/mol. The standard InChI is InChI=1S/C44H76N4O12/c1-17-29(49)37(53)45-33(25(13)21(5)6)42(58)47(39(55)31(51)19-3)35(27(15)23(9)10)44(60)48(40(56)32(52)20-4)36(28(16)24(11)12)43(59)46(38(54)30(50)18-2)34(41(45)57)26(14)22(7)8/h21-36,49-52H,17-20H2,1-16H3/t25?,26?,27?,28?,29?,30?,31?,32?,33-,34-,35-,36-/m0/s1/i13D,14D,15D,16D. The molecule has 1 aliphatic heterocycles. The lowest BCUT2D eigenvalue weighted by Crippen LogP contribution is -2.72. The first-order valence-electron chi connectivity index (χ1n) is 24.0. The molecule has 1 heterocycles. The molecule has 1 aliphatic rings. The minimum atomic E-state index is -2.32. The van der Waals surface area contributed by atoms with Gasteiger partial charge in [0.2, 0.25) is 0 Å². The fourth-order valence-corrected chi connectivity index (χ4v) is 6.84. The van der Waals surface area contributed by atoms with Gasteiger partial charge in [0, 0.05) is 5.48 Å². The van der Waals surface area contributed by atoms with Gasteiger partial charge < -0.3 is 20.4 Å². The number of aliphatic hydroxyl groups is 4. The summed E-state index contributed by atoms with van der Waals surface area (Å²) in [6.45, 7) is 14.7. The van der Waals surface area contributed by atoms with Gasteiger partial charge in [0.15, 0.2) is 0 Å². The Morgan fingerprint density at radius 1 is 0.417 bits per heavy atom. The Kier molecular flexibility index (Phi) is 18.2. The largest absolute Gasteiger partial charge is 0.383 e. The van der Waals surface area contributed by atoms with E-state index in [1.54, 1.807) is 0 Å². The van der Waals surface area contributed by atoms with Crippen LogP contribution in [0, 0.1) is 47.3 Å². The number of carbonyl (C=O) groups is 8. The zero-order valence-corrected chi connectivity index (χ0v) is 37.7. The number of hydrogen-bond donors (Lipinski definition) is 4. The summed E-state index contributed by atoms with van der Waals surface area (Å²) in [5.41, 5.74) is 0. The number of imide groups is 4. The van der Waals surface area contributed by atoms with Crippen molar-refractivity contribution in [2.75, 3.05) is 0 Å². The van der Waals surface area contributed by atoms with Crippen LogP contribution in [-0.4, -0.2) is 136 Å². The molecule has 1 saturated heterocycles. The van der Waals surface area contributed by atoms with Gasteiger partial charge in [0.05, 0.1) is 0 Å². The Labute approximate surface area is 363 Å². The minimum absolute atomic E-state index is 0.285. The maximum atomic E-state index is 15.9. The van der Waals surface area contributed by atoms with Crippen LogP contribution in [-0.2, 0) is 38.4 Å². The third-order valence-corrected chi connectivity index (χ3v) is 11.8. The molecular weight excluding hydrogens is 776 g/mol. The molecule has 60 heavy (non-hydrogen) atoms. The van der Waals surface area contributed by atoms with Crippen molar-refractivity contribution in [3.63, 3.8) is 0 Å². The first-order valence-corrected chi connectivity index (χ1v) is 21.2. The van der Waals surface area contributed by atoms with Crippen LogP contribution in [0.15, 0.2) is 0 Å². The molecule has 0 aliphatic carbocycles. The average Bonchev–Trinajstić information content (AvgIpc) is 3.25. The molecule has 344 valence electrons. The van der Waals surface area contributed by atoms with Crippen molar-refractivity contribution in [1.82, 2.24) is 19.6 Å². The zero-order chi connectivity index (χ0) is 49.8. The van der Waals surface area contributed by atoms with E-state index in [1.807, 2.05) is 0 Å². The van der Waals surface area contributed by atoms with Crippen molar-refractivity contribution in [2.45, 2.75) is 185 Å². The lowest BCUT2D eigenvalue weighted by Gasteiger charge is -2.48.